The van der Waals surface area contributed by atoms with Gasteiger partial charge < -0.3 is 19.7 Å². The number of thioether (sulfide) groups is 2. The molecule has 6 nitrogen and oxygen atoms in total. The van der Waals surface area contributed by atoms with E-state index in [1.165, 1.54) is 116 Å². The van der Waals surface area contributed by atoms with Crippen LogP contribution in [0.25, 0.3) is 0 Å². The van der Waals surface area contributed by atoms with Gasteiger partial charge >= 0.3 is 11.9 Å². The van der Waals surface area contributed by atoms with Gasteiger partial charge in [-0.2, -0.15) is 23.5 Å². The van der Waals surface area contributed by atoms with Crippen LogP contribution in [0.1, 0.15) is 207 Å². The van der Waals surface area contributed by atoms with Gasteiger partial charge in [0.1, 0.15) is 11.5 Å². The summed E-state index contributed by atoms with van der Waals surface area (Å²) in [6.45, 7) is 12.9. The lowest BCUT2D eigenvalue weighted by Gasteiger charge is -2.31. The minimum absolute atomic E-state index is 0.368. The molecule has 0 fully saturated rings. The standard InChI is InChI=1S/C51H84O6S2/c1-7-11-13-15-17-19-21-23-25-27-39-58-41-50(37-9-3,47(52)53)56-45-33-29-43(30-34-45)49(5,6)44-31-35-46(36-32-44)57-51(38-10-4,48(54)55)42-59-40-28-26-24-22-20-18-16-14-12-8-2/h29-36H,7-28,37-42H2,1-6H3,(H,52,53)(H,54,55). The fourth-order valence-electron chi connectivity index (χ4n) is 7.89. The van der Waals surface area contributed by atoms with Crippen molar-refractivity contribution < 1.29 is 29.3 Å². The largest absolute Gasteiger partial charge is 0.478 e. The Balaban J connectivity index is 1.95. The number of carboxylic acids is 2. The number of ether oxygens (including phenoxy) is 2. The molecule has 0 aliphatic carbocycles. The van der Waals surface area contributed by atoms with Gasteiger partial charge in [0.25, 0.3) is 0 Å². The van der Waals surface area contributed by atoms with Crippen molar-refractivity contribution in [3.63, 3.8) is 0 Å². The maximum absolute atomic E-state index is 12.7. The van der Waals surface area contributed by atoms with E-state index in [1.807, 2.05) is 62.4 Å². The lowest BCUT2D eigenvalue weighted by Crippen LogP contribution is -2.47. The second-order valence-corrected chi connectivity index (χ2v) is 19.7. The molecule has 0 radical (unpaired) electrons. The molecule has 0 aliphatic rings. The summed E-state index contributed by atoms with van der Waals surface area (Å²) in [6, 6.07) is 15.7. The van der Waals surface area contributed by atoms with Crippen molar-refractivity contribution in [2.24, 2.45) is 0 Å². The number of aliphatic carboxylic acids is 2. The first-order valence-corrected chi connectivity index (χ1v) is 26.0. The molecule has 0 spiro atoms. The molecular formula is C51H84O6S2. The Labute approximate surface area is 369 Å². The number of carbonyl (C=O) groups is 2. The molecule has 0 aromatic heterocycles. The van der Waals surface area contributed by atoms with Gasteiger partial charge in [-0.15, -0.1) is 0 Å². The van der Waals surface area contributed by atoms with Crippen LogP contribution in [-0.4, -0.2) is 56.4 Å². The first-order valence-electron chi connectivity index (χ1n) is 23.7. The smallest absolute Gasteiger partial charge is 0.348 e. The van der Waals surface area contributed by atoms with Crippen LogP contribution in [-0.2, 0) is 15.0 Å². The highest BCUT2D eigenvalue weighted by Gasteiger charge is 2.41. The maximum atomic E-state index is 12.7. The monoisotopic (exact) mass is 857 g/mol. The predicted molar refractivity (Wildman–Crippen MR) is 255 cm³/mol. The number of unbranched alkanes of at least 4 members (excludes halogenated alkanes) is 18. The first-order chi connectivity index (χ1) is 28.5. The molecule has 59 heavy (non-hydrogen) atoms. The topological polar surface area (TPSA) is 93.1 Å². The molecule has 0 saturated carbocycles. The van der Waals surface area contributed by atoms with E-state index in [0.29, 0.717) is 35.8 Å². The van der Waals surface area contributed by atoms with Gasteiger partial charge in [-0.3, -0.25) is 0 Å². The van der Waals surface area contributed by atoms with Crippen LogP contribution in [0, 0.1) is 0 Å². The molecule has 336 valence electrons. The Morgan fingerprint density at radius 2 is 0.746 bits per heavy atom. The molecule has 2 atom stereocenters. The Morgan fingerprint density at radius 3 is 1.02 bits per heavy atom. The highest BCUT2D eigenvalue weighted by atomic mass is 32.2. The van der Waals surface area contributed by atoms with Crippen molar-refractivity contribution >= 4 is 35.5 Å². The Bertz CT molecular complexity index is 1280. The van der Waals surface area contributed by atoms with Crippen molar-refractivity contribution in [1.82, 2.24) is 0 Å². The van der Waals surface area contributed by atoms with Gasteiger partial charge in [0.05, 0.1) is 0 Å². The van der Waals surface area contributed by atoms with Crippen LogP contribution in [0.5, 0.6) is 11.5 Å². The van der Waals surface area contributed by atoms with Crippen LogP contribution in [0.4, 0.5) is 0 Å². The Morgan fingerprint density at radius 1 is 0.458 bits per heavy atom. The van der Waals surface area contributed by atoms with Gasteiger partial charge in [-0.05, 0) is 72.6 Å². The molecular weight excluding hydrogens is 773 g/mol. The van der Waals surface area contributed by atoms with E-state index < -0.39 is 23.1 Å². The van der Waals surface area contributed by atoms with E-state index >= 15 is 0 Å². The fraction of sp³-hybridized carbons (Fsp3) is 0.725. The van der Waals surface area contributed by atoms with E-state index in [0.717, 1.165) is 48.3 Å². The third-order valence-electron chi connectivity index (χ3n) is 11.8. The second-order valence-electron chi connectivity index (χ2n) is 17.4. The van der Waals surface area contributed by atoms with Crippen LogP contribution in [0.15, 0.2) is 48.5 Å². The Hall–Kier alpha value is -2.32. The third-order valence-corrected chi connectivity index (χ3v) is 14.3. The molecule has 2 N–H and O–H groups in total. The molecule has 2 unspecified atom stereocenters. The van der Waals surface area contributed by atoms with E-state index in [4.69, 9.17) is 9.47 Å². The molecule has 2 aromatic carbocycles. The van der Waals surface area contributed by atoms with Crippen molar-refractivity contribution in [3.8, 4) is 11.5 Å². The van der Waals surface area contributed by atoms with Crippen LogP contribution in [0.3, 0.4) is 0 Å². The molecule has 2 aromatic rings. The number of carboxylic acid groups (broad SMARTS) is 2. The summed E-state index contributed by atoms with van der Waals surface area (Å²) in [7, 11) is 0. The number of hydrogen-bond acceptors (Lipinski definition) is 6. The number of rotatable bonds is 38. The van der Waals surface area contributed by atoms with Crippen molar-refractivity contribution in [2.75, 3.05) is 23.0 Å². The summed E-state index contributed by atoms with van der Waals surface area (Å²) in [6.07, 6.45) is 28.2. The zero-order chi connectivity index (χ0) is 43.2. The third kappa shape index (κ3) is 19.9. The van der Waals surface area contributed by atoms with Crippen molar-refractivity contribution in [3.05, 3.63) is 59.7 Å². The minimum atomic E-state index is -1.26. The molecule has 0 heterocycles. The van der Waals surface area contributed by atoms with E-state index in [-0.39, 0.29) is 5.41 Å². The van der Waals surface area contributed by atoms with Crippen LogP contribution >= 0.6 is 23.5 Å². The van der Waals surface area contributed by atoms with Gasteiger partial charge in [-0.25, -0.2) is 9.59 Å². The second kappa shape index (κ2) is 30.7. The fourth-order valence-corrected chi connectivity index (χ4v) is 10.3. The quantitative estimate of drug-likeness (QED) is 0.0645. The van der Waals surface area contributed by atoms with Gasteiger partial charge in [0.15, 0.2) is 0 Å². The zero-order valence-corrected chi connectivity index (χ0v) is 39.9. The summed E-state index contributed by atoms with van der Waals surface area (Å²) in [5.41, 5.74) is -0.759. The normalized spacial score (nSPS) is 13.8. The van der Waals surface area contributed by atoms with Gasteiger partial charge in [0.2, 0.25) is 11.2 Å². The summed E-state index contributed by atoms with van der Waals surface area (Å²) < 4.78 is 12.7. The van der Waals surface area contributed by atoms with Crippen molar-refractivity contribution in [1.29, 1.82) is 0 Å². The zero-order valence-electron chi connectivity index (χ0n) is 38.3. The first kappa shape index (κ1) is 52.8. The van der Waals surface area contributed by atoms with Gasteiger partial charge in [-0.1, -0.05) is 194 Å². The summed E-state index contributed by atoms with van der Waals surface area (Å²) in [4.78, 5) is 25.4. The lowest BCUT2D eigenvalue weighted by atomic mass is 9.78. The van der Waals surface area contributed by atoms with Crippen LogP contribution < -0.4 is 9.47 Å². The predicted octanol–water partition coefficient (Wildman–Crippen LogP) is 15.3. The molecule has 0 amide bonds. The maximum Gasteiger partial charge on any atom is 0.348 e. The average molecular weight is 857 g/mol. The van der Waals surface area contributed by atoms with E-state index in [2.05, 4.69) is 27.7 Å². The van der Waals surface area contributed by atoms with Crippen molar-refractivity contribution in [2.45, 2.75) is 212 Å². The summed E-state index contributed by atoms with van der Waals surface area (Å²) in [5, 5.41) is 20.8. The summed E-state index contributed by atoms with van der Waals surface area (Å²) in [5.74, 6) is 2.07. The molecule has 2 rings (SSSR count). The number of hydrogen-bond donors (Lipinski definition) is 2. The molecule has 0 aliphatic heterocycles. The molecule has 0 bridgehead atoms. The highest BCUT2D eigenvalue weighted by Crippen LogP contribution is 2.36. The SMILES string of the molecule is CCCCCCCCCCCCSCC(CCC)(Oc1ccc(C(C)(C)c2ccc(OC(CCC)(CSCCCCCCCCCCCC)C(=O)O)cc2)cc1)C(=O)O. The summed E-state index contributed by atoms with van der Waals surface area (Å²) >= 11 is 3.40. The molecule has 8 heteroatoms. The van der Waals surface area contributed by atoms with Gasteiger partial charge in [0, 0.05) is 16.9 Å². The number of benzene rings is 2. The molecule has 0 saturated heterocycles. The average Bonchev–Trinajstić information content (AvgIpc) is 3.22. The van der Waals surface area contributed by atoms with Crippen LogP contribution in [0.2, 0.25) is 0 Å². The Kier molecular flexibility index (Phi) is 27.5. The minimum Gasteiger partial charge on any atom is -0.478 e. The lowest BCUT2D eigenvalue weighted by molar-refractivity contribution is -0.154. The van der Waals surface area contributed by atoms with E-state index in [1.54, 1.807) is 23.5 Å². The highest BCUT2D eigenvalue weighted by molar-refractivity contribution is 7.99. The van der Waals surface area contributed by atoms with E-state index in [9.17, 15) is 19.8 Å².